The summed E-state index contributed by atoms with van der Waals surface area (Å²) >= 11 is 0. The first kappa shape index (κ1) is 9.71. The fourth-order valence-electron chi connectivity index (χ4n) is 1.62. The van der Waals surface area contributed by atoms with E-state index in [4.69, 9.17) is 5.73 Å². The minimum Gasteiger partial charge on any atom is -0.396 e. The summed E-state index contributed by atoms with van der Waals surface area (Å²) in [5.74, 6) is 0.630. The molecule has 3 aromatic rings. The molecule has 0 spiro atoms. The Bertz CT molecular complexity index is 691. The van der Waals surface area contributed by atoms with Crippen LogP contribution in [0.15, 0.2) is 36.7 Å². The minimum absolute atomic E-state index is 0.0862. The van der Waals surface area contributed by atoms with Crippen LogP contribution in [0.1, 0.15) is 0 Å². The third-order valence-corrected chi connectivity index (χ3v) is 2.44. The van der Waals surface area contributed by atoms with Crippen molar-refractivity contribution in [1.29, 1.82) is 0 Å². The number of anilines is 1. The Morgan fingerprint density at radius 2 is 2.12 bits per heavy atom. The Morgan fingerprint density at radius 1 is 1.24 bits per heavy atom. The number of nitrogens with two attached hydrogens (primary N) is 1. The molecule has 1 aromatic carbocycles. The Morgan fingerprint density at radius 3 is 2.94 bits per heavy atom. The van der Waals surface area contributed by atoms with Gasteiger partial charge in [0, 0.05) is 18.0 Å². The van der Waals surface area contributed by atoms with Crippen molar-refractivity contribution in [2.24, 2.45) is 0 Å². The molecule has 84 valence electrons. The summed E-state index contributed by atoms with van der Waals surface area (Å²) in [7, 11) is 0. The van der Waals surface area contributed by atoms with Crippen LogP contribution in [0.2, 0.25) is 0 Å². The fourth-order valence-corrected chi connectivity index (χ4v) is 1.62. The monoisotopic (exact) mass is 229 g/mol. The molecule has 5 nitrogen and oxygen atoms in total. The molecule has 0 radical (unpaired) electrons. The van der Waals surface area contributed by atoms with Gasteiger partial charge < -0.3 is 5.73 Å². The number of nitrogens with zero attached hydrogens (tertiary/aromatic N) is 4. The van der Waals surface area contributed by atoms with Crippen molar-refractivity contribution >= 4 is 11.5 Å². The minimum atomic E-state index is -0.444. The second-order valence-electron chi connectivity index (χ2n) is 3.55. The van der Waals surface area contributed by atoms with Crippen LogP contribution in [0.25, 0.3) is 17.2 Å². The summed E-state index contributed by atoms with van der Waals surface area (Å²) < 4.78 is 14.8. The molecule has 6 heteroatoms. The van der Waals surface area contributed by atoms with Gasteiger partial charge in [-0.2, -0.15) is 0 Å². The van der Waals surface area contributed by atoms with Crippen molar-refractivity contribution in [3.63, 3.8) is 0 Å². The van der Waals surface area contributed by atoms with Gasteiger partial charge in [-0.25, -0.2) is 9.37 Å². The first-order chi connectivity index (χ1) is 8.25. The van der Waals surface area contributed by atoms with Gasteiger partial charge in [0.15, 0.2) is 5.82 Å². The van der Waals surface area contributed by atoms with Crippen molar-refractivity contribution in [3.8, 4) is 11.4 Å². The molecule has 0 unspecified atom stereocenters. The zero-order chi connectivity index (χ0) is 11.8. The molecule has 0 amide bonds. The van der Waals surface area contributed by atoms with Crippen LogP contribution in [0.3, 0.4) is 0 Å². The summed E-state index contributed by atoms with van der Waals surface area (Å²) in [6.45, 7) is 0. The zero-order valence-electron chi connectivity index (χ0n) is 8.71. The van der Waals surface area contributed by atoms with E-state index in [1.54, 1.807) is 28.9 Å². The number of hydrogen-bond acceptors (Lipinski definition) is 4. The molecule has 2 aromatic heterocycles. The highest BCUT2D eigenvalue weighted by Crippen LogP contribution is 2.21. The van der Waals surface area contributed by atoms with Crippen molar-refractivity contribution in [1.82, 2.24) is 19.6 Å². The molecule has 0 saturated heterocycles. The Labute approximate surface area is 95.7 Å². The molecule has 0 saturated carbocycles. The third-order valence-electron chi connectivity index (χ3n) is 2.44. The first-order valence-electron chi connectivity index (χ1n) is 4.97. The number of benzene rings is 1. The summed E-state index contributed by atoms with van der Waals surface area (Å²) in [4.78, 5) is 4.05. The Balaban J connectivity index is 2.24. The normalized spacial score (nSPS) is 10.9. The van der Waals surface area contributed by atoms with Crippen LogP contribution in [0.5, 0.6) is 0 Å². The van der Waals surface area contributed by atoms with Crippen molar-refractivity contribution in [3.05, 3.63) is 42.5 Å². The summed E-state index contributed by atoms with van der Waals surface area (Å²) in [5, 5.41) is 7.92. The van der Waals surface area contributed by atoms with Crippen LogP contribution >= 0.6 is 0 Å². The van der Waals surface area contributed by atoms with E-state index in [2.05, 4.69) is 15.2 Å². The highest BCUT2D eigenvalue weighted by atomic mass is 19.1. The Hall–Kier alpha value is -2.50. The lowest BCUT2D eigenvalue weighted by atomic mass is 10.2. The van der Waals surface area contributed by atoms with Crippen molar-refractivity contribution < 1.29 is 4.39 Å². The average molecular weight is 229 g/mol. The van der Waals surface area contributed by atoms with Crippen LogP contribution in [0.4, 0.5) is 10.1 Å². The Kier molecular flexibility index (Phi) is 2.01. The number of hydrogen-bond donors (Lipinski definition) is 1. The van der Waals surface area contributed by atoms with E-state index in [0.717, 1.165) is 0 Å². The third kappa shape index (κ3) is 1.50. The molecule has 2 N–H and O–H groups in total. The topological polar surface area (TPSA) is 69.1 Å². The van der Waals surface area contributed by atoms with E-state index in [1.165, 1.54) is 12.1 Å². The number of halogens is 1. The number of nitrogen functional groups attached to an aromatic ring is 1. The summed E-state index contributed by atoms with van der Waals surface area (Å²) in [6.07, 6.45) is 3.42. The second-order valence-corrected chi connectivity index (χ2v) is 3.55. The van der Waals surface area contributed by atoms with E-state index in [1.807, 2.05) is 0 Å². The highest BCUT2D eigenvalue weighted by Gasteiger charge is 2.09. The van der Waals surface area contributed by atoms with Crippen molar-refractivity contribution in [2.75, 3.05) is 5.73 Å². The van der Waals surface area contributed by atoms with Gasteiger partial charge >= 0.3 is 0 Å². The van der Waals surface area contributed by atoms with E-state index in [-0.39, 0.29) is 5.69 Å². The number of fused-ring (bicyclic) bond motifs is 1. The molecule has 17 heavy (non-hydrogen) atoms. The smallest absolute Gasteiger partial charge is 0.255 e. The zero-order valence-corrected chi connectivity index (χ0v) is 8.71. The average Bonchev–Trinajstić information content (AvgIpc) is 2.76. The number of rotatable bonds is 1. The lowest BCUT2D eigenvalue weighted by Crippen LogP contribution is -1.94. The highest BCUT2D eigenvalue weighted by molar-refractivity contribution is 5.63. The van der Waals surface area contributed by atoms with Gasteiger partial charge in [0.05, 0.1) is 5.69 Å². The lowest BCUT2D eigenvalue weighted by Gasteiger charge is -2.01. The van der Waals surface area contributed by atoms with Gasteiger partial charge in [-0.15, -0.1) is 10.2 Å². The van der Waals surface area contributed by atoms with Crippen LogP contribution in [0, 0.1) is 5.82 Å². The van der Waals surface area contributed by atoms with Gasteiger partial charge in [0.1, 0.15) is 5.82 Å². The largest absolute Gasteiger partial charge is 0.396 e. The lowest BCUT2D eigenvalue weighted by molar-refractivity contribution is 0.632. The molecule has 0 atom stereocenters. The van der Waals surface area contributed by atoms with Gasteiger partial charge in [0.2, 0.25) is 0 Å². The summed E-state index contributed by atoms with van der Waals surface area (Å²) in [6, 6.07) is 6.21. The maximum atomic E-state index is 13.1. The standard InChI is InChI=1S/C11H8FN5/c12-8-3-2-7(6-9(8)13)10-15-16-11-14-4-1-5-17(10)11/h1-6H,13H2. The van der Waals surface area contributed by atoms with Gasteiger partial charge in [0.25, 0.3) is 5.78 Å². The maximum absolute atomic E-state index is 13.1. The van der Waals surface area contributed by atoms with Crippen LogP contribution in [-0.4, -0.2) is 19.6 Å². The molecule has 3 rings (SSSR count). The molecule has 2 heterocycles. The van der Waals surface area contributed by atoms with Crippen LogP contribution in [-0.2, 0) is 0 Å². The van der Waals surface area contributed by atoms with Gasteiger partial charge in [-0.1, -0.05) is 0 Å². The SMILES string of the molecule is Nc1cc(-c2nnc3ncccn23)ccc1F. The predicted molar refractivity (Wildman–Crippen MR) is 60.6 cm³/mol. The molecule has 0 aliphatic heterocycles. The van der Waals surface area contributed by atoms with Gasteiger partial charge in [-0.3, -0.25) is 4.40 Å². The van der Waals surface area contributed by atoms with E-state index in [9.17, 15) is 4.39 Å². The van der Waals surface area contributed by atoms with Crippen LogP contribution < -0.4 is 5.73 Å². The maximum Gasteiger partial charge on any atom is 0.255 e. The van der Waals surface area contributed by atoms with Crippen molar-refractivity contribution in [2.45, 2.75) is 0 Å². The molecule has 0 aliphatic carbocycles. The first-order valence-corrected chi connectivity index (χ1v) is 4.97. The van der Waals surface area contributed by atoms with E-state index >= 15 is 0 Å². The molecular formula is C11H8FN5. The molecule has 0 aliphatic rings. The van der Waals surface area contributed by atoms with E-state index in [0.29, 0.717) is 17.2 Å². The molecule has 0 bridgehead atoms. The quantitative estimate of drug-likeness (QED) is 0.642. The number of aromatic nitrogens is 4. The second kappa shape index (κ2) is 3.51. The summed E-state index contributed by atoms with van der Waals surface area (Å²) in [5.41, 5.74) is 6.31. The molecule has 0 fully saturated rings. The molecular weight excluding hydrogens is 221 g/mol. The predicted octanol–water partition coefficient (Wildman–Crippen LogP) is 1.51. The fraction of sp³-hybridized carbons (Fsp3) is 0. The van der Waals surface area contributed by atoms with Gasteiger partial charge in [-0.05, 0) is 24.3 Å². The van der Waals surface area contributed by atoms with E-state index < -0.39 is 5.82 Å².